The molecule has 0 radical (unpaired) electrons. The maximum absolute atomic E-state index is 11.6. The molecule has 5 nitrogen and oxygen atoms in total. The van der Waals surface area contributed by atoms with E-state index in [1.807, 2.05) is 32.0 Å². The topological polar surface area (TPSA) is 85.2 Å². The zero-order valence-corrected chi connectivity index (χ0v) is 12.4. The van der Waals surface area contributed by atoms with Crippen LogP contribution in [0, 0.1) is 12.3 Å². The van der Waals surface area contributed by atoms with Crippen molar-refractivity contribution in [2.24, 2.45) is 11.1 Å². The summed E-state index contributed by atoms with van der Waals surface area (Å²) in [5.41, 5.74) is 14.7. The number of carbonyl (C=O) groups is 1. The number of nitrogens with zero attached hydrogens (tertiary/aromatic N) is 2. The Morgan fingerprint density at radius 2 is 2.14 bits per heavy atom. The van der Waals surface area contributed by atoms with Crippen LogP contribution in [0.5, 0.6) is 0 Å². The molecule has 1 fully saturated rings. The van der Waals surface area contributed by atoms with Gasteiger partial charge in [-0.25, -0.2) is 0 Å². The van der Waals surface area contributed by atoms with Crippen LogP contribution in [0.4, 0.5) is 11.4 Å². The number of rotatable bonds is 2. The van der Waals surface area contributed by atoms with Crippen LogP contribution in [-0.2, 0) is 4.79 Å². The van der Waals surface area contributed by atoms with Crippen LogP contribution < -0.4 is 16.4 Å². The van der Waals surface area contributed by atoms with Crippen molar-refractivity contribution < 1.29 is 4.79 Å². The number of nitrogen functional groups attached to an aromatic ring is 1. The van der Waals surface area contributed by atoms with E-state index in [0.717, 1.165) is 35.2 Å². The van der Waals surface area contributed by atoms with Crippen LogP contribution >= 0.6 is 0 Å². The zero-order chi connectivity index (χ0) is 15.2. The van der Waals surface area contributed by atoms with E-state index in [4.69, 9.17) is 11.5 Å². The summed E-state index contributed by atoms with van der Waals surface area (Å²) < 4.78 is 0. The minimum Gasteiger partial charge on any atom is -0.399 e. The highest BCUT2D eigenvalue weighted by Gasteiger charge is 2.39. The molecule has 2 aromatic rings. The van der Waals surface area contributed by atoms with Gasteiger partial charge in [-0.1, -0.05) is 0 Å². The van der Waals surface area contributed by atoms with Gasteiger partial charge in [0, 0.05) is 35.5 Å². The second kappa shape index (κ2) is 4.62. The Hall–Kier alpha value is -2.30. The second-order valence-corrected chi connectivity index (χ2v) is 6.16. The Morgan fingerprint density at radius 1 is 1.38 bits per heavy atom. The molecule has 1 aromatic heterocycles. The highest BCUT2D eigenvalue weighted by atomic mass is 16.1. The Bertz CT molecular complexity index is 728. The molecule has 1 atom stereocenters. The van der Waals surface area contributed by atoms with E-state index in [9.17, 15) is 4.79 Å². The van der Waals surface area contributed by atoms with Crippen LogP contribution in [0.2, 0.25) is 0 Å². The third-order valence-corrected chi connectivity index (χ3v) is 4.35. The van der Waals surface area contributed by atoms with Crippen LogP contribution in [0.15, 0.2) is 24.3 Å². The first-order valence-corrected chi connectivity index (χ1v) is 7.11. The van der Waals surface area contributed by atoms with Crippen LogP contribution in [0.1, 0.15) is 19.0 Å². The molecule has 1 aliphatic heterocycles. The first-order chi connectivity index (χ1) is 9.89. The van der Waals surface area contributed by atoms with Gasteiger partial charge in [-0.15, -0.1) is 0 Å². The molecule has 1 aromatic carbocycles. The molecule has 1 amide bonds. The molecule has 0 saturated carbocycles. The number of amides is 1. The Kier molecular flexibility index (Phi) is 3.01. The molecule has 0 aliphatic carbocycles. The lowest BCUT2D eigenvalue weighted by molar-refractivity contribution is -0.125. The van der Waals surface area contributed by atoms with Gasteiger partial charge in [0.2, 0.25) is 5.91 Å². The number of benzene rings is 1. The maximum Gasteiger partial charge on any atom is 0.225 e. The van der Waals surface area contributed by atoms with E-state index in [0.29, 0.717) is 12.2 Å². The van der Waals surface area contributed by atoms with Gasteiger partial charge in [-0.05, 0) is 44.5 Å². The molecule has 1 saturated heterocycles. The second-order valence-electron chi connectivity index (χ2n) is 6.16. The van der Waals surface area contributed by atoms with E-state index in [2.05, 4.69) is 16.0 Å². The standard InChI is InChI=1S/C16H20N4O/c1-10-7-14(12-8-11(17)3-4-13(12)19-10)20-6-5-16(2,9-20)15(18)21/h3-4,7-8H,5-6,9,17H2,1-2H3,(H2,18,21). The van der Waals surface area contributed by atoms with Gasteiger partial charge in [0.05, 0.1) is 10.9 Å². The maximum atomic E-state index is 11.6. The van der Waals surface area contributed by atoms with Gasteiger partial charge in [-0.2, -0.15) is 0 Å². The lowest BCUT2D eigenvalue weighted by Gasteiger charge is -2.24. The number of primary amides is 1. The summed E-state index contributed by atoms with van der Waals surface area (Å²) in [5.74, 6) is -0.236. The average Bonchev–Trinajstić information content (AvgIpc) is 2.82. The van der Waals surface area contributed by atoms with E-state index >= 15 is 0 Å². The predicted molar refractivity (Wildman–Crippen MR) is 85.0 cm³/mol. The quantitative estimate of drug-likeness (QED) is 0.824. The van der Waals surface area contributed by atoms with Crippen molar-refractivity contribution in [1.29, 1.82) is 0 Å². The largest absolute Gasteiger partial charge is 0.399 e. The number of anilines is 2. The predicted octanol–water partition coefficient (Wildman–Crippen LogP) is 1.83. The first kappa shape index (κ1) is 13.7. The highest BCUT2D eigenvalue weighted by Crippen LogP contribution is 2.36. The number of carbonyl (C=O) groups excluding carboxylic acids is 1. The number of hydrogen-bond donors (Lipinski definition) is 2. The summed E-state index contributed by atoms with van der Waals surface area (Å²) in [6.45, 7) is 5.35. The first-order valence-electron chi connectivity index (χ1n) is 7.11. The minimum atomic E-state index is -0.468. The van der Waals surface area contributed by atoms with E-state index in [-0.39, 0.29) is 5.91 Å². The number of fused-ring (bicyclic) bond motifs is 1. The normalized spacial score (nSPS) is 21.9. The van der Waals surface area contributed by atoms with Crippen molar-refractivity contribution in [1.82, 2.24) is 4.98 Å². The summed E-state index contributed by atoms with van der Waals surface area (Å²) in [7, 11) is 0. The monoisotopic (exact) mass is 284 g/mol. The van der Waals surface area contributed by atoms with Gasteiger partial charge in [0.1, 0.15) is 0 Å². The number of aryl methyl sites for hydroxylation is 1. The van der Waals surface area contributed by atoms with Crippen molar-refractivity contribution in [2.45, 2.75) is 20.3 Å². The minimum absolute atomic E-state index is 0.236. The molecule has 2 heterocycles. The molecule has 1 unspecified atom stereocenters. The fourth-order valence-corrected chi connectivity index (χ4v) is 2.98. The van der Waals surface area contributed by atoms with Crippen molar-refractivity contribution in [3.05, 3.63) is 30.0 Å². The van der Waals surface area contributed by atoms with Crippen molar-refractivity contribution in [3.8, 4) is 0 Å². The van der Waals surface area contributed by atoms with Gasteiger partial charge < -0.3 is 16.4 Å². The zero-order valence-electron chi connectivity index (χ0n) is 12.4. The summed E-state index contributed by atoms with van der Waals surface area (Å²) in [6.07, 6.45) is 0.771. The Labute approximate surface area is 123 Å². The lowest BCUT2D eigenvalue weighted by atomic mass is 9.89. The van der Waals surface area contributed by atoms with E-state index < -0.39 is 5.41 Å². The molecule has 1 aliphatic rings. The van der Waals surface area contributed by atoms with Crippen LogP contribution in [0.3, 0.4) is 0 Å². The third kappa shape index (κ3) is 2.28. The molecule has 5 heteroatoms. The fraction of sp³-hybridized carbons (Fsp3) is 0.375. The van der Waals surface area contributed by atoms with Gasteiger partial charge in [-0.3, -0.25) is 9.78 Å². The number of aromatic nitrogens is 1. The molecule has 4 N–H and O–H groups in total. The molecular formula is C16H20N4O. The van der Waals surface area contributed by atoms with E-state index in [1.54, 1.807) is 0 Å². The number of nitrogens with two attached hydrogens (primary N) is 2. The number of hydrogen-bond acceptors (Lipinski definition) is 4. The molecule has 0 spiro atoms. The molecular weight excluding hydrogens is 264 g/mol. The van der Waals surface area contributed by atoms with Gasteiger partial charge in [0.25, 0.3) is 0 Å². The van der Waals surface area contributed by atoms with Gasteiger partial charge in [0.15, 0.2) is 0 Å². The van der Waals surface area contributed by atoms with Gasteiger partial charge >= 0.3 is 0 Å². The summed E-state index contributed by atoms with van der Waals surface area (Å²) in [5, 5.41) is 1.02. The average molecular weight is 284 g/mol. The molecule has 0 bridgehead atoms. The van der Waals surface area contributed by atoms with Crippen molar-refractivity contribution >= 4 is 28.2 Å². The SMILES string of the molecule is Cc1cc(N2CCC(C)(C(N)=O)C2)c2cc(N)ccc2n1. The molecule has 110 valence electrons. The lowest BCUT2D eigenvalue weighted by Crippen LogP contribution is -2.37. The number of pyridine rings is 1. The smallest absolute Gasteiger partial charge is 0.225 e. The molecule has 21 heavy (non-hydrogen) atoms. The Morgan fingerprint density at radius 3 is 2.81 bits per heavy atom. The highest BCUT2D eigenvalue weighted by molar-refractivity contribution is 5.94. The van der Waals surface area contributed by atoms with Crippen LogP contribution in [-0.4, -0.2) is 24.0 Å². The van der Waals surface area contributed by atoms with Crippen LogP contribution in [0.25, 0.3) is 10.9 Å². The third-order valence-electron chi connectivity index (χ3n) is 4.35. The van der Waals surface area contributed by atoms with E-state index in [1.165, 1.54) is 0 Å². The summed E-state index contributed by atoms with van der Waals surface area (Å²) >= 11 is 0. The van der Waals surface area contributed by atoms with Crippen molar-refractivity contribution in [3.63, 3.8) is 0 Å². The summed E-state index contributed by atoms with van der Waals surface area (Å²) in [6, 6.07) is 7.78. The molecule has 3 rings (SSSR count). The Balaban J connectivity index is 2.09. The fourth-order valence-electron chi connectivity index (χ4n) is 2.98. The van der Waals surface area contributed by atoms with Crippen molar-refractivity contribution in [2.75, 3.05) is 23.7 Å². The summed E-state index contributed by atoms with van der Waals surface area (Å²) in [4.78, 5) is 18.4.